The van der Waals surface area contributed by atoms with Gasteiger partial charge in [-0.2, -0.15) is 0 Å². The molecular weight excluding hydrogens is 252 g/mol. The molecule has 1 aliphatic carbocycles. The van der Waals surface area contributed by atoms with E-state index >= 15 is 0 Å². The zero-order valence-electron chi connectivity index (χ0n) is 13.0. The monoisotopic (exact) mass is 282 g/mol. The fourth-order valence-electron chi connectivity index (χ4n) is 3.63. The standard InChI is InChI=1S/C16H30N2O2/c1-3-12(2)18-10-14(16(19)20)8-15(11-18)17-9-13-6-4-5-7-13/h12-15,17H,3-11H2,1-2H3,(H,19,20). The summed E-state index contributed by atoms with van der Waals surface area (Å²) >= 11 is 0. The molecule has 2 rings (SSSR count). The minimum atomic E-state index is -0.634. The van der Waals surface area contributed by atoms with Crippen LogP contribution in [0.15, 0.2) is 0 Å². The van der Waals surface area contributed by atoms with Crippen LogP contribution in [0.4, 0.5) is 0 Å². The van der Waals surface area contributed by atoms with Gasteiger partial charge in [0.05, 0.1) is 5.92 Å². The van der Waals surface area contributed by atoms with Crippen LogP contribution in [0.3, 0.4) is 0 Å². The van der Waals surface area contributed by atoms with Gasteiger partial charge in [-0.3, -0.25) is 9.69 Å². The van der Waals surface area contributed by atoms with Crippen molar-refractivity contribution in [3.05, 3.63) is 0 Å². The summed E-state index contributed by atoms with van der Waals surface area (Å²) in [6.45, 7) is 7.18. The molecule has 0 bridgehead atoms. The number of rotatable bonds is 6. The molecule has 1 aliphatic heterocycles. The normalized spacial score (nSPS) is 30.5. The fraction of sp³-hybridized carbons (Fsp3) is 0.938. The molecule has 1 saturated heterocycles. The Morgan fingerprint density at radius 1 is 1.35 bits per heavy atom. The van der Waals surface area contributed by atoms with Crippen molar-refractivity contribution in [2.45, 2.75) is 64.5 Å². The molecule has 1 saturated carbocycles. The van der Waals surface area contributed by atoms with Gasteiger partial charge >= 0.3 is 5.97 Å². The third kappa shape index (κ3) is 4.19. The highest BCUT2D eigenvalue weighted by molar-refractivity contribution is 5.70. The third-order valence-electron chi connectivity index (χ3n) is 5.21. The fourth-order valence-corrected chi connectivity index (χ4v) is 3.63. The predicted molar refractivity (Wildman–Crippen MR) is 80.8 cm³/mol. The third-order valence-corrected chi connectivity index (χ3v) is 5.21. The molecule has 0 aromatic rings. The molecule has 3 atom stereocenters. The van der Waals surface area contributed by atoms with Crippen molar-refractivity contribution in [1.29, 1.82) is 0 Å². The van der Waals surface area contributed by atoms with Crippen molar-refractivity contribution in [2.24, 2.45) is 11.8 Å². The second-order valence-corrected chi connectivity index (χ2v) is 6.74. The summed E-state index contributed by atoms with van der Waals surface area (Å²) < 4.78 is 0. The second-order valence-electron chi connectivity index (χ2n) is 6.74. The zero-order valence-corrected chi connectivity index (χ0v) is 13.0. The molecule has 0 aromatic heterocycles. The van der Waals surface area contributed by atoms with Crippen LogP contribution in [0.1, 0.15) is 52.4 Å². The summed E-state index contributed by atoms with van der Waals surface area (Å²) in [5.41, 5.74) is 0. The molecule has 2 fully saturated rings. The molecular formula is C16H30N2O2. The molecule has 3 unspecified atom stereocenters. The highest BCUT2D eigenvalue weighted by Gasteiger charge is 2.33. The summed E-state index contributed by atoms with van der Waals surface area (Å²) in [6, 6.07) is 0.826. The largest absolute Gasteiger partial charge is 0.481 e. The van der Waals surface area contributed by atoms with Gasteiger partial charge in [-0.15, -0.1) is 0 Å². The Kier molecular flexibility index (Phi) is 5.85. The van der Waals surface area contributed by atoms with Crippen molar-refractivity contribution >= 4 is 5.97 Å². The lowest BCUT2D eigenvalue weighted by Gasteiger charge is -2.40. The molecule has 0 radical (unpaired) electrons. The summed E-state index contributed by atoms with van der Waals surface area (Å²) in [6.07, 6.45) is 7.30. The van der Waals surface area contributed by atoms with E-state index in [9.17, 15) is 9.90 Å². The smallest absolute Gasteiger partial charge is 0.307 e. The van der Waals surface area contributed by atoms with Gasteiger partial charge in [0.25, 0.3) is 0 Å². The Morgan fingerprint density at radius 2 is 2.05 bits per heavy atom. The van der Waals surface area contributed by atoms with Crippen LogP contribution in [-0.2, 0) is 4.79 Å². The number of carboxylic acids is 1. The molecule has 1 heterocycles. The molecule has 2 aliphatic rings. The lowest BCUT2D eigenvalue weighted by Crippen LogP contribution is -2.54. The van der Waals surface area contributed by atoms with Gasteiger partial charge in [0.1, 0.15) is 0 Å². The Bertz CT molecular complexity index is 316. The van der Waals surface area contributed by atoms with Crippen molar-refractivity contribution in [3.63, 3.8) is 0 Å². The number of carboxylic acid groups (broad SMARTS) is 1. The van der Waals surface area contributed by atoms with E-state index in [0.29, 0.717) is 18.6 Å². The van der Waals surface area contributed by atoms with E-state index in [1.165, 1.54) is 25.7 Å². The number of aliphatic carboxylic acids is 1. The van der Waals surface area contributed by atoms with Gasteiger partial charge in [-0.25, -0.2) is 0 Å². The first-order valence-electron chi connectivity index (χ1n) is 8.30. The van der Waals surface area contributed by atoms with Crippen LogP contribution in [0.25, 0.3) is 0 Å². The van der Waals surface area contributed by atoms with E-state index < -0.39 is 5.97 Å². The molecule has 0 amide bonds. The van der Waals surface area contributed by atoms with Crippen LogP contribution in [-0.4, -0.2) is 47.7 Å². The van der Waals surface area contributed by atoms with Crippen molar-refractivity contribution in [3.8, 4) is 0 Å². The summed E-state index contributed by atoms with van der Waals surface area (Å²) in [5.74, 6) is -0.0262. The van der Waals surface area contributed by atoms with Gasteiger partial charge in [-0.05, 0) is 45.1 Å². The molecule has 4 heteroatoms. The first-order valence-corrected chi connectivity index (χ1v) is 8.30. The van der Waals surface area contributed by atoms with Gasteiger partial charge < -0.3 is 10.4 Å². The summed E-state index contributed by atoms with van der Waals surface area (Å²) in [5, 5.41) is 13.0. The van der Waals surface area contributed by atoms with Crippen LogP contribution in [0, 0.1) is 11.8 Å². The Morgan fingerprint density at radius 3 is 2.65 bits per heavy atom. The second kappa shape index (κ2) is 7.41. The number of hydrogen-bond acceptors (Lipinski definition) is 3. The molecule has 116 valence electrons. The average Bonchev–Trinajstić information content (AvgIpc) is 2.97. The number of piperidine rings is 1. The van der Waals surface area contributed by atoms with E-state index in [2.05, 4.69) is 24.1 Å². The van der Waals surface area contributed by atoms with E-state index in [0.717, 1.165) is 31.8 Å². The number of hydrogen-bond donors (Lipinski definition) is 2. The topological polar surface area (TPSA) is 52.6 Å². The van der Waals surface area contributed by atoms with Gasteiger partial charge in [0.15, 0.2) is 0 Å². The maximum absolute atomic E-state index is 11.4. The lowest BCUT2D eigenvalue weighted by atomic mass is 9.92. The minimum Gasteiger partial charge on any atom is -0.481 e. The van der Waals surface area contributed by atoms with E-state index in [1.807, 2.05) is 0 Å². The summed E-state index contributed by atoms with van der Waals surface area (Å²) in [7, 11) is 0. The molecule has 4 nitrogen and oxygen atoms in total. The minimum absolute atomic E-state index is 0.209. The molecule has 0 spiro atoms. The zero-order chi connectivity index (χ0) is 14.5. The Labute approximate surface area is 122 Å². The molecule has 20 heavy (non-hydrogen) atoms. The molecule has 2 N–H and O–H groups in total. The average molecular weight is 282 g/mol. The van der Waals surface area contributed by atoms with Crippen LogP contribution in [0.5, 0.6) is 0 Å². The van der Waals surface area contributed by atoms with E-state index in [-0.39, 0.29) is 5.92 Å². The van der Waals surface area contributed by atoms with Gasteiger partial charge in [0.2, 0.25) is 0 Å². The van der Waals surface area contributed by atoms with Crippen LogP contribution < -0.4 is 5.32 Å². The highest BCUT2D eigenvalue weighted by atomic mass is 16.4. The van der Waals surface area contributed by atoms with Crippen LogP contribution >= 0.6 is 0 Å². The van der Waals surface area contributed by atoms with Gasteiger partial charge in [0, 0.05) is 25.2 Å². The molecule has 0 aromatic carbocycles. The lowest BCUT2D eigenvalue weighted by molar-refractivity contribution is -0.144. The number of likely N-dealkylation sites (tertiary alicyclic amines) is 1. The Balaban J connectivity index is 1.87. The maximum atomic E-state index is 11.4. The first kappa shape index (κ1) is 15.8. The van der Waals surface area contributed by atoms with Crippen molar-refractivity contribution in [2.75, 3.05) is 19.6 Å². The quantitative estimate of drug-likeness (QED) is 0.785. The Hall–Kier alpha value is -0.610. The number of nitrogens with one attached hydrogen (secondary N) is 1. The predicted octanol–water partition coefficient (Wildman–Crippen LogP) is 2.34. The first-order chi connectivity index (χ1) is 9.60. The van der Waals surface area contributed by atoms with E-state index in [4.69, 9.17) is 0 Å². The highest BCUT2D eigenvalue weighted by Crippen LogP contribution is 2.25. The van der Waals surface area contributed by atoms with Gasteiger partial charge in [-0.1, -0.05) is 19.8 Å². The summed E-state index contributed by atoms with van der Waals surface area (Å²) in [4.78, 5) is 13.7. The van der Waals surface area contributed by atoms with Crippen molar-refractivity contribution in [1.82, 2.24) is 10.2 Å². The SMILES string of the molecule is CCC(C)N1CC(NCC2CCCC2)CC(C(=O)O)C1. The number of nitrogens with zero attached hydrogens (tertiary/aromatic N) is 1. The van der Waals surface area contributed by atoms with E-state index in [1.54, 1.807) is 0 Å². The van der Waals surface area contributed by atoms with Crippen molar-refractivity contribution < 1.29 is 9.90 Å². The van der Waals surface area contributed by atoms with Crippen LogP contribution in [0.2, 0.25) is 0 Å². The maximum Gasteiger partial charge on any atom is 0.307 e. The number of carbonyl (C=O) groups is 1.